The van der Waals surface area contributed by atoms with Crippen LogP contribution in [-0.4, -0.2) is 32.8 Å². The summed E-state index contributed by atoms with van der Waals surface area (Å²) in [6.07, 6.45) is 2.83. The predicted molar refractivity (Wildman–Crippen MR) is 116 cm³/mol. The molecule has 0 aliphatic heterocycles. The Morgan fingerprint density at radius 3 is 2.83 bits per heavy atom. The molecule has 0 spiro atoms. The number of ketones is 1. The Kier molecular flexibility index (Phi) is 4.63. The molecular formula is C22H19N5O2S. The van der Waals surface area contributed by atoms with Crippen molar-refractivity contribution in [2.45, 2.75) is 25.7 Å². The molecule has 30 heavy (non-hydrogen) atoms. The van der Waals surface area contributed by atoms with Gasteiger partial charge in [0, 0.05) is 28.8 Å². The van der Waals surface area contributed by atoms with Gasteiger partial charge >= 0.3 is 0 Å². The molecule has 0 radical (unpaired) electrons. The Bertz CT molecular complexity index is 1260. The van der Waals surface area contributed by atoms with Crippen molar-refractivity contribution in [2.24, 2.45) is 0 Å². The first kappa shape index (κ1) is 18.6. The number of hydrogen-bond donors (Lipinski definition) is 1. The molecule has 0 amide bonds. The highest BCUT2D eigenvalue weighted by Gasteiger charge is 2.28. The van der Waals surface area contributed by atoms with Crippen LogP contribution in [0.25, 0.3) is 10.9 Å². The predicted octanol–water partition coefficient (Wildman–Crippen LogP) is 4.45. The quantitative estimate of drug-likeness (QED) is 0.524. The summed E-state index contributed by atoms with van der Waals surface area (Å²) in [7, 11) is 1.63. The Labute approximate surface area is 177 Å². The lowest BCUT2D eigenvalue weighted by Gasteiger charge is -2.22. The van der Waals surface area contributed by atoms with Crippen molar-refractivity contribution in [3.05, 3.63) is 63.7 Å². The van der Waals surface area contributed by atoms with Crippen LogP contribution < -0.4 is 10.1 Å². The molecule has 1 N–H and O–H groups in total. The topological polar surface area (TPSA) is 89.9 Å². The van der Waals surface area contributed by atoms with E-state index in [4.69, 9.17) is 4.74 Å². The van der Waals surface area contributed by atoms with E-state index in [1.807, 2.05) is 36.6 Å². The van der Waals surface area contributed by atoms with Gasteiger partial charge < -0.3 is 4.74 Å². The number of nitrogens with zero attached hydrogens (tertiary/aromatic N) is 4. The van der Waals surface area contributed by atoms with Crippen molar-refractivity contribution in [1.82, 2.24) is 19.9 Å². The molecule has 150 valence electrons. The molecule has 4 aromatic rings. The first-order valence-corrected chi connectivity index (χ1v) is 10.5. The van der Waals surface area contributed by atoms with Gasteiger partial charge in [0.15, 0.2) is 5.78 Å². The molecule has 5 rings (SSSR count). The van der Waals surface area contributed by atoms with E-state index in [1.54, 1.807) is 24.6 Å². The molecule has 1 atom stereocenters. The largest absolute Gasteiger partial charge is 0.497 e. The molecule has 8 heteroatoms. The monoisotopic (exact) mass is 417 g/mol. The van der Waals surface area contributed by atoms with Crippen molar-refractivity contribution in [3.63, 3.8) is 0 Å². The second-order valence-corrected chi connectivity index (χ2v) is 8.22. The number of aryl methyl sites for hydroxylation is 1. The Balaban J connectivity index is 1.45. The fourth-order valence-corrected chi connectivity index (χ4v) is 4.60. The number of Topliss-reactive ketones (excluding diaryl/α,β-unsaturated/α-hetero) is 1. The van der Waals surface area contributed by atoms with Gasteiger partial charge in [0.2, 0.25) is 11.9 Å². The van der Waals surface area contributed by atoms with E-state index in [9.17, 15) is 4.79 Å². The minimum atomic E-state index is 0.0907. The normalized spacial score (nSPS) is 15.8. The number of anilines is 2. The van der Waals surface area contributed by atoms with Crippen LogP contribution in [0.4, 0.5) is 11.9 Å². The van der Waals surface area contributed by atoms with Crippen LogP contribution in [0.2, 0.25) is 0 Å². The first-order chi connectivity index (χ1) is 14.6. The van der Waals surface area contributed by atoms with Crippen molar-refractivity contribution in [2.75, 3.05) is 12.4 Å². The number of thiophene rings is 1. The summed E-state index contributed by atoms with van der Waals surface area (Å²) in [5.74, 6) is 1.83. The summed E-state index contributed by atoms with van der Waals surface area (Å²) in [5.41, 5.74) is 3.00. The highest BCUT2D eigenvalue weighted by molar-refractivity contribution is 7.10. The number of rotatable bonds is 4. The van der Waals surface area contributed by atoms with E-state index in [1.165, 1.54) is 4.88 Å². The van der Waals surface area contributed by atoms with Gasteiger partial charge in [-0.15, -0.1) is 11.3 Å². The number of fused-ring (bicyclic) bond motifs is 2. The summed E-state index contributed by atoms with van der Waals surface area (Å²) in [6.45, 7) is 1.92. The average Bonchev–Trinajstić information content (AvgIpc) is 3.28. The van der Waals surface area contributed by atoms with Gasteiger partial charge in [-0.2, -0.15) is 0 Å². The minimum absolute atomic E-state index is 0.0907. The molecule has 3 aromatic heterocycles. The number of carbonyl (C=O) groups excluding carboxylic acids is 1. The van der Waals surface area contributed by atoms with Gasteiger partial charge in [-0.05, 0) is 43.0 Å². The average molecular weight is 417 g/mol. The van der Waals surface area contributed by atoms with Gasteiger partial charge in [-0.1, -0.05) is 6.07 Å². The fourth-order valence-electron chi connectivity index (χ4n) is 3.77. The molecule has 7 nitrogen and oxygen atoms in total. The maximum absolute atomic E-state index is 12.6. The van der Waals surface area contributed by atoms with Gasteiger partial charge in [-0.3, -0.25) is 10.1 Å². The molecule has 0 saturated heterocycles. The number of nitrogens with one attached hydrogen (secondary N) is 1. The van der Waals surface area contributed by atoms with Gasteiger partial charge in [0.05, 0.1) is 29.6 Å². The first-order valence-electron chi connectivity index (χ1n) is 9.62. The number of ether oxygens (including phenoxy) is 1. The highest BCUT2D eigenvalue weighted by Crippen LogP contribution is 2.34. The second-order valence-electron chi connectivity index (χ2n) is 7.24. The maximum Gasteiger partial charge on any atom is 0.230 e. The zero-order valence-electron chi connectivity index (χ0n) is 16.5. The summed E-state index contributed by atoms with van der Waals surface area (Å²) in [4.78, 5) is 31.8. The zero-order valence-corrected chi connectivity index (χ0v) is 17.4. The number of carbonyl (C=O) groups is 1. The van der Waals surface area contributed by atoms with Gasteiger partial charge in [-0.25, -0.2) is 19.9 Å². The summed E-state index contributed by atoms with van der Waals surface area (Å²) >= 11 is 1.68. The number of methoxy groups -OCH3 is 1. The van der Waals surface area contributed by atoms with Crippen molar-refractivity contribution >= 4 is 39.9 Å². The molecule has 0 fully saturated rings. The lowest BCUT2D eigenvalue weighted by Crippen LogP contribution is -2.20. The van der Waals surface area contributed by atoms with E-state index in [-0.39, 0.29) is 11.7 Å². The number of hydrogen-bond acceptors (Lipinski definition) is 8. The smallest absolute Gasteiger partial charge is 0.230 e. The van der Waals surface area contributed by atoms with Crippen LogP contribution in [-0.2, 0) is 6.42 Å². The summed E-state index contributed by atoms with van der Waals surface area (Å²) < 4.78 is 5.28. The SMILES string of the molecule is COc1ccc2nc(Nc3ncc4c(n3)CC(c3cccs3)CC4=O)nc(C)c2c1. The van der Waals surface area contributed by atoms with E-state index >= 15 is 0 Å². The molecule has 0 bridgehead atoms. The van der Waals surface area contributed by atoms with E-state index in [0.717, 1.165) is 34.5 Å². The number of aromatic nitrogens is 4. The van der Waals surface area contributed by atoms with Crippen molar-refractivity contribution in [1.29, 1.82) is 0 Å². The van der Waals surface area contributed by atoms with Crippen LogP contribution in [0, 0.1) is 6.92 Å². The third-order valence-electron chi connectivity index (χ3n) is 5.30. The van der Waals surface area contributed by atoms with E-state index in [2.05, 4.69) is 31.3 Å². The molecule has 1 aliphatic rings. The van der Waals surface area contributed by atoms with Gasteiger partial charge in [0.25, 0.3) is 0 Å². The van der Waals surface area contributed by atoms with Crippen LogP contribution in [0.15, 0.2) is 41.9 Å². The fraction of sp³-hybridized carbons (Fsp3) is 0.227. The Hall–Kier alpha value is -3.39. The molecule has 1 unspecified atom stereocenters. The maximum atomic E-state index is 12.6. The zero-order chi connectivity index (χ0) is 20.7. The second kappa shape index (κ2) is 7.46. The third kappa shape index (κ3) is 3.39. The highest BCUT2D eigenvalue weighted by atomic mass is 32.1. The van der Waals surface area contributed by atoms with Crippen molar-refractivity contribution < 1.29 is 9.53 Å². The lowest BCUT2D eigenvalue weighted by molar-refractivity contribution is 0.0963. The van der Waals surface area contributed by atoms with Crippen molar-refractivity contribution in [3.8, 4) is 5.75 Å². The number of benzene rings is 1. The third-order valence-corrected chi connectivity index (χ3v) is 6.34. The molecule has 0 saturated carbocycles. The van der Waals surface area contributed by atoms with Crippen LogP contribution in [0.3, 0.4) is 0 Å². The molecule has 3 heterocycles. The van der Waals surface area contributed by atoms with E-state index in [0.29, 0.717) is 23.9 Å². The summed E-state index contributed by atoms with van der Waals surface area (Å²) in [5, 5.41) is 6.06. The van der Waals surface area contributed by atoms with E-state index < -0.39 is 0 Å². The lowest BCUT2D eigenvalue weighted by atomic mass is 9.86. The molecular weight excluding hydrogens is 398 g/mol. The van der Waals surface area contributed by atoms with Crippen LogP contribution in [0.1, 0.15) is 39.0 Å². The summed E-state index contributed by atoms with van der Waals surface area (Å²) in [6, 6.07) is 9.77. The standard InChI is InChI=1S/C22H19N5O2S/c1-12-15-10-14(29-2)5-6-17(15)25-22(24-12)27-21-23-11-16-18(26-21)8-13(9-19(16)28)20-4-3-7-30-20/h3-7,10-11,13H,8-9H2,1-2H3,(H,23,24,25,26,27). The van der Waals surface area contributed by atoms with Crippen LogP contribution >= 0.6 is 11.3 Å². The minimum Gasteiger partial charge on any atom is -0.497 e. The Morgan fingerprint density at radius 2 is 2.03 bits per heavy atom. The molecule has 1 aromatic carbocycles. The van der Waals surface area contributed by atoms with Gasteiger partial charge in [0.1, 0.15) is 5.75 Å². The molecule has 1 aliphatic carbocycles. The van der Waals surface area contributed by atoms with Crippen LogP contribution in [0.5, 0.6) is 5.75 Å². The Morgan fingerprint density at radius 1 is 1.13 bits per heavy atom.